The maximum atomic E-state index is 12.4. The lowest BCUT2D eigenvalue weighted by atomic mass is 10.1. The van der Waals surface area contributed by atoms with Gasteiger partial charge in [0.2, 0.25) is 11.0 Å². The van der Waals surface area contributed by atoms with Crippen molar-refractivity contribution in [2.24, 2.45) is 0 Å². The number of rotatable bonds is 4. The number of hydrogen-bond acceptors (Lipinski definition) is 6. The summed E-state index contributed by atoms with van der Waals surface area (Å²) in [7, 11) is 0. The molecule has 0 saturated carbocycles. The molecule has 1 N–H and O–H groups in total. The van der Waals surface area contributed by atoms with Crippen molar-refractivity contribution in [1.82, 2.24) is 15.1 Å². The van der Waals surface area contributed by atoms with E-state index < -0.39 is 0 Å². The van der Waals surface area contributed by atoms with Crippen LogP contribution >= 0.6 is 11.3 Å². The van der Waals surface area contributed by atoms with Gasteiger partial charge >= 0.3 is 0 Å². The highest BCUT2D eigenvalue weighted by Gasteiger charge is 2.29. The third-order valence-corrected chi connectivity index (χ3v) is 5.04. The Morgan fingerprint density at radius 3 is 2.84 bits per heavy atom. The SMILES string of the molecule is CC(C)c1nnc(NC(=O)CN2Cc3ccccc3OC(C)(C)C2)s1. The van der Waals surface area contributed by atoms with E-state index in [-0.39, 0.29) is 18.1 Å². The Morgan fingerprint density at radius 1 is 1.36 bits per heavy atom. The number of carbonyl (C=O) groups excluding carboxylic acids is 1. The fraction of sp³-hybridized carbons (Fsp3) is 0.500. The van der Waals surface area contributed by atoms with Crippen molar-refractivity contribution >= 4 is 22.4 Å². The van der Waals surface area contributed by atoms with E-state index in [9.17, 15) is 4.79 Å². The third kappa shape index (κ3) is 4.55. The molecular weight excluding hydrogens is 336 g/mol. The number of amides is 1. The normalized spacial score (nSPS) is 16.8. The van der Waals surface area contributed by atoms with Crippen LogP contribution in [0.4, 0.5) is 5.13 Å². The van der Waals surface area contributed by atoms with Crippen molar-refractivity contribution in [3.8, 4) is 5.75 Å². The highest BCUT2D eigenvalue weighted by molar-refractivity contribution is 7.15. The minimum Gasteiger partial charge on any atom is -0.486 e. The van der Waals surface area contributed by atoms with Gasteiger partial charge in [0.15, 0.2) is 0 Å². The van der Waals surface area contributed by atoms with Crippen molar-refractivity contribution in [3.05, 3.63) is 34.8 Å². The zero-order valence-electron chi connectivity index (χ0n) is 15.1. The molecule has 7 heteroatoms. The average Bonchev–Trinajstić information content (AvgIpc) is 2.91. The van der Waals surface area contributed by atoms with Gasteiger partial charge in [-0.3, -0.25) is 15.0 Å². The molecule has 0 atom stereocenters. The second kappa shape index (κ2) is 7.09. The molecule has 1 aliphatic heterocycles. The quantitative estimate of drug-likeness (QED) is 0.906. The van der Waals surface area contributed by atoms with Crippen molar-refractivity contribution < 1.29 is 9.53 Å². The lowest BCUT2D eigenvalue weighted by Crippen LogP contribution is -2.43. The zero-order valence-corrected chi connectivity index (χ0v) is 15.9. The molecule has 1 aromatic carbocycles. The molecule has 0 spiro atoms. The Kier molecular flexibility index (Phi) is 5.06. The highest BCUT2D eigenvalue weighted by atomic mass is 32.1. The Hall–Kier alpha value is -1.99. The topological polar surface area (TPSA) is 67.4 Å². The van der Waals surface area contributed by atoms with Crippen molar-refractivity contribution in [2.75, 3.05) is 18.4 Å². The van der Waals surface area contributed by atoms with Gasteiger partial charge in [0, 0.05) is 24.6 Å². The first-order valence-electron chi connectivity index (χ1n) is 8.45. The Morgan fingerprint density at radius 2 is 2.12 bits per heavy atom. The van der Waals surface area contributed by atoms with Crippen LogP contribution in [-0.2, 0) is 11.3 Å². The van der Waals surface area contributed by atoms with Crippen LogP contribution in [0.5, 0.6) is 5.75 Å². The van der Waals surface area contributed by atoms with Crippen LogP contribution < -0.4 is 10.1 Å². The van der Waals surface area contributed by atoms with Crippen LogP contribution in [0.3, 0.4) is 0 Å². The Bertz CT molecular complexity index is 757. The molecule has 2 aromatic rings. The Balaban J connectivity index is 1.67. The number of nitrogens with one attached hydrogen (secondary N) is 1. The molecule has 2 heterocycles. The van der Waals surface area contributed by atoms with Crippen molar-refractivity contribution in [3.63, 3.8) is 0 Å². The van der Waals surface area contributed by atoms with Gasteiger partial charge in [-0.05, 0) is 19.9 Å². The summed E-state index contributed by atoms with van der Waals surface area (Å²) in [6.07, 6.45) is 0. The van der Waals surface area contributed by atoms with Crippen LogP contribution in [0.1, 0.15) is 44.2 Å². The summed E-state index contributed by atoms with van der Waals surface area (Å²) in [4.78, 5) is 14.5. The summed E-state index contributed by atoms with van der Waals surface area (Å²) in [6.45, 7) is 9.84. The molecule has 0 fully saturated rings. The highest BCUT2D eigenvalue weighted by Crippen LogP contribution is 2.29. The number of ether oxygens (including phenoxy) is 1. The van der Waals surface area contributed by atoms with Crippen LogP contribution in [0.25, 0.3) is 0 Å². The number of para-hydroxylation sites is 1. The number of benzene rings is 1. The van der Waals surface area contributed by atoms with E-state index in [4.69, 9.17) is 4.74 Å². The molecule has 0 unspecified atom stereocenters. The van der Waals surface area contributed by atoms with E-state index in [1.165, 1.54) is 11.3 Å². The van der Waals surface area contributed by atoms with E-state index in [1.807, 2.05) is 38.1 Å². The van der Waals surface area contributed by atoms with Gasteiger partial charge in [-0.1, -0.05) is 43.4 Å². The maximum Gasteiger partial charge on any atom is 0.240 e. The summed E-state index contributed by atoms with van der Waals surface area (Å²) >= 11 is 1.43. The van der Waals surface area contributed by atoms with Crippen molar-refractivity contribution in [2.45, 2.75) is 45.8 Å². The first kappa shape index (κ1) is 17.8. The molecule has 1 aromatic heterocycles. The largest absolute Gasteiger partial charge is 0.486 e. The summed E-state index contributed by atoms with van der Waals surface area (Å²) in [5.74, 6) is 1.12. The molecule has 1 aliphatic rings. The molecule has 0 bridgehead atoms. The van der Waals surface area contributed by atoms with Gasteiger partial charge < -0.3 is 4.74 Å². The first-order chi connectivity index (χ1) is 11.8. The first-order valence-corrected chi connectivity index (χ1v) is 9.26. The van der Waals surface area contributed by atoms with Gasteiger partial charge in [-0.25, -0.2) is 0 Å². The Labute approximate surface area is 152 Å². The number of carbonyl (C=O) groups is 1. The molecule has 0 radical (unpaired) electrons. The lowest BCUT2D eigenvalue weighted by molar-refractivity contribution is -0.117. The van der Waals surface area contributed by atoms with Crippen LogP contribution in [0.2, 0.25) is 0 Å². The van der Waals surface area contributed by atoms with E-state index in [2.05, 4.69) is 34.3 Å². The second-order valence-corrected chi connectivity index (χ2v) is 8.27. The molecule has 3 rings (SSSR count). The summed E-state index contributed by atoms with van der Waals surface area (Å²) in [6, 6.07) is 7.99. The van der Waals surface area contributed by atoms with Gasteiger partial charge in [0.1, 0.15) is 16.4 Å². The smallest absolute Gasteiger partial charge is 0.240 e. The molecule has 1 amide bonds. The molecule has 6 nitrogen and oxygen atoms in total. The van der Waals surface area contributed by atoms with E-state index >= 15 is 0 Å². The minimum atomic E-state index is -0.361. The van der Waals surface area contributed by atoms with Gasteiger partial charge in [0.05, 0.1) is 6.54 Å². The number of fused-ring (bicyclic) bond motifs is 1. The standard InChI is InChI=1S/C18H24N4O2S/c1-12(2)16-20-21-17(25-16)19-15(23)10-22-9-13-7-5-6-8-14(13)24-18(3,4)11-22/h5-8,12H,9-11H2,1-4H3,(H,19,21,23). The molecule has 0 aliphatic carbocycles. The summed E-state index contributed by atoms with van der Waals surface area (Å²) in [5, 5.41) is 12.5. The van der Waals surface area contributed by atoms with Crippen LogP contribution in [-0.4, -0.2) is 39.7 Å². The van der Waals surface area contributed by atoms with E-state index in [1.54, 1.807) is 0 Å². The fourth-order valence-electron chi connectivity index (χ4n) is 2.89. The predicted molar refractivity (Wildman–Crippen MR) is 99.1 cm³/mol. The molecule has 0 saturated heterocycles. The molecule has 25 heavy (non-hydrogen) atoms. The van der Waals surface area contributed by atoms with Gasteiger partial charge in [-0.2, -0.15) is 0 Å². The number of aromatic nitrogens is 2. The summed E-state index contributed by atoms with van der Waals surface area (Å²) in [5.41, 5.74) is 0.736. The molecule has 134 valence electrons. The maximum absolute atomic E-state index is 12.4. The van der Waals surface area contributed by atoms with Crippen molar-refractivity contribution in [1.29, 1.82) is 0 Å². The third-order valence-electron chi connectivity index (χ3n) is 3.91. The zero-order chi connectivity index (χ0) is 18.0. The molecular formula is C18H24N4O2S. The summed E-state index contributed by atoms with van der Waals surface area (Å²) < 4.78 is 6.11. The van der Waals surface area contributed by atoms with E-state index in [0.717, 1.165) is 16.3 Å². The lowest BCUT2D eigenvalue weighted by Gasteiger charge is -2.29. The van der Waals surface area contributed by atoms with Gasteiger partial charge in [0.25, 0.3) is 0 Å². The van der Waals surface area contributed by atoms with Gasteiger partial charge in [-0.15, -0.1) is 10.2 Å². The average molecular weight is 360 g/mol. The van der Waals surface area contributed by atoms with Crippen LogP contribution in [0, 0.1) is 0 Å². The number of anilines is 1. The second-order valence-electron chi connectivity index (χ2n) is 7.26. The number of nitrogens with zero attached hydrogens (tertiary/aromatic N) is 3. The number of hydrogen-bond donors (Lipinski definition) is 1. The minimum absolute atomic E-state index is 0.0818. The van der Waals surface area contributed by atoms with E-state index in [0.29, 0.717) is 24.1 Å². The monoisotopic (exact) mass is 360 g/mol. The van der Waals surface area contributed by atoms with Crippen LogP contribution in [0.15, 0.2) is 24.3 Å². The predicted octanol–water partition coefficient (Wildman–Crippen LogP) is 3.27. The fourth-order valence-corrected chi connectivity index (χ4v) is 3.65.